The van der Waals surface area contributed by atoms with E-state index in [0.29, 0.717) is 0 Å². The average Bonchev–Trinajstić information content (AvgIpc) is 2.65. The van der Waals surface area contributed by atoms with Crippen LogP contribution in [-0.2, 0) is 20.0 Å². The van der Waals surface area contributed by atoms with E-state index in [9.17, 15) is 9.90 Å². The number of carboxylic acid groups (broad SMARTS) is 1. The van der Waals surface area contributed by atoms with E-state index in [-0.39, 0.29) is 5.56 Å². The number of hydrogen-bond acceptors (Lipinski definition) is 2. The van der Waals surface area contributed by atoms with Crippen LogP contribution >= 0.6 is 0 Å². The van der Waals surface area contributed by atoms with Crippen molar-refractivity contribution in [2.24, 2.45) is 7.05 Å². The highest BCUT2D eigenvalue weighted by Gasteiger charge is 2.16. The van der Waals surface area contributed by atoms with E-state index in [0.717, 1.165) is 18.5 Å². The molecule has 19 heavy (non-hydrogen) atoms. The van der Waals surface area contributed by atoms with Gasteiger partial charge in [-0.3, -0.25) is 0 Å². The van der Waals surface area contributed by atoms with Gasteiger partial charge in [0.15, 0.2) is 0 Å². The number of aromatic nitrogens is 2. The molecule has 4 nitrogen and oxygen atoms in total. The number of hydrogen-bond donors (Lipinski definition) is 0. The standard InChI is InChI=1S/C15H18N2O2/c1-4-14-16(3)11(2)9-17(14)10-12-5-7-13(8-6-12)15(18)19/h5-9H,4,10H2,1-3H3. The number of nitrogens with zero attached hydrogens (tertiary/aromatic N) is 2. The van der Waals surface area contributed by atoms with Gasteiger partial charge in [-0.15, -0.1) is 0 Å². The number of carbonyl (C=O) groups is 1. The molecule has 0 aliphatic heterocycles. The minimum Gasteiger partial charge on any atom is -0.545 e. The zero-order valence-corrected chi connectivity index (χ0v) is 11.5. The molecule has 0 saturated carbocycles. The summed E-state index contributed by atoms with van der Waals surface area (Å²) in [6.45, 7) is 4.96. The molecular weight excluding hydrogens is 240 g/mol. The van der Waals surface area contributed by atoms with E-state index in [1.54, 1.807) is 12.1 Å². The fourth-order valence-electron chi connectivity index (χ4n) is 2.30. The van der Waals surface area contributed by atoms with Crippen molar-refractivity contribution in [3.8, 4) is 0 Å². The van der Waals surface area contributed by atoms with Crippen molar-refractivity contribution in [2.45, 2.75) is 26.8 Å². The maximum Gasteiger partial charge on any atom is 0.256 e. The summed E-state index contributed by atoms with van der Waals surface area (Å²) in [7, 11) is 2.06. The van der Waals surface area contributed by atoms with Crippen LogP contribution in [0.5, 0.6) is 0 Å². The van der Waals surface area contributed by atoms with Crippen LogP contribution in [0.2, 0.25) is 0 Å². The summed E-state index contributed by atoms with van der Waals surface area (Å²) >= 11 is 0. The van der Waals surface area contributed by atoms with Crippen LogP contribution in [0.1, 0.15) is 34.4 Å². The molecule has 0 saturated heterocycles. The minimum atomic E-state index is -1.14. The van der Waals surface area contributed by atoms with Crippen molar-refractivity contribution in [2.75, 3.05) is 0 Å². The lowest BCUT2D eigenvalue weighted by molar-refractivity contribution is -0.695. The van der Waals surface area contributed by atoms with Crippen LogP contribution in [0, 0.1) is 6.92 Å². The second-order valence-corrected chi connectivity index (χ2v) is 4.71. The Kier molecular flexibility index (Phi) is 3.69. The lowest BCUT2D eigenvalue weighted by atomic mass is 10.1. The van der Waals surface area contributed by atoms with E-state index < -0.39 is 5.97 Å². The molecule has 100 valence electrons. The number of aryl methyl sites for hydroxylation is 1. The Hall–Kier alpha value is -2.10. The van der Waals surface area contributed by atoms with Crippen molar-refractivity contribution in [1.82, 2.24) is 4.57 Å². The minimum absolute atomic E-state index is 0.216. The zero-order chi connectivity index (χ0) is 14.0. The number of benzene rings is 1. The Morgan fingerprint density at radius 2 is 1.95 bits per heavy atom. The Morgan fingerprint density at radius 1 is 1.32 bits per heavy atom. The van der Waals surface area contributed by atoms with Crippen LogP contribution in [0.25, 0.3) is 0 Å². The van der Waals surface area contributed by atoms with Gasteiger partial charge < -0.3 is 9.90 Å². The van der Waals surface area contributed by atoms with Crippen LogP contribution in [-0.4, -0.2) is 10.5 Å². The molecule has 1 aromatic heterocycles. The molecule has 0 aliphatic carbocycles. The number of imidazole rings is 1. The Bertz CT molecular complexity index is 597. The van der Waals surface area contributed by atoms with Gasteiger partial charge in [-0.2, -0.15) is 0 Å². The van der Waals surface area contributed by atoms with E-state index in [1.807, 2.05) is 12.1 Å². The van der Waals surface area contributed by atoms with Gasteiger partial charge in [-0.1, -0.05) is 31.2 Å². The first-order valence-corrected chi connectivity index (χ1v) is 6.37. The summed E-state index contributed by atoms with van der Waals surface area (Å²) in [5.41, 5.74) is 2.51. The summed E-state index contributed by atoms with van der Waals surface area (Å²) < 4.78 is 4.37. The van der Waals surface area contributed by atoms with Gasteiger partial charge in [0, 0.05) is 13.3 Å². The van der Waals surface area contributed by atoms with E-state index in [1.165, 1.54) is 11.5 Å². The molecule has 0 radical (unpaired) electrons. The average molecular weight is 258 g/mol. The van der Waals surface area contributed by atoms with Crippen molar-refractivity contribution in [3.63, 3.8) is 0 Å². The Labute approximate surface area is 112 Å². The van der Waals surface area contributed by atoms with E-state index >= 15 is 0 Å². The van der Waals surface area contributed by atoms with Crippen LogP contribution < -0.4 is 9.67 Å². The molecule has 1 aromatic carbocycles. The highest BCUT2D eigenvalue weighted by atomic mass is 16.4. The zero-order valence-electron chi connectivity index (χ0n) is 11.5. The molecule has 0 spiro atoms. The maximum atomic E-state index is 10.7. The van der Waals surface area contributed by atoms with Crippen LogP contribution in [0.15, 0.2) is 30.5 Å². The molecule has 0 amide bonds. The van der Waals surface area contributed by atoms with Gasteiger partial charge >= 0.3 is 0 Å². The highest BCUT2D eigenvalue weighted by Crippen LogP contribution is 2.06. The maximum absolute atomic E-state index is 10.7. The molecule has 0 N–H and O–H groups in total. The smallest absolute Gasteiger partial charge is 0.256 e. The summed E-state index contributed by atoms with van der Waals surface area (Å²) in [5.74, 6) is 0.116. The monoisotopic (exact) mass is 258 g/mol. The predicted octanol–water partition coefficient (Wildman–Crippen LogP) is 0.595. The molecule has 0 fully saturated rings. The first-order valence-electron chi connectivity index (χ1n) is 6.37. The molecule has 0 unspecified atom stereocenters. The van der Waals surface area contributed by atoms with Crippen molar-refractivity contribution >= 4 is 5.97 Å². The molecule has 0 bridgehead atoms. The molecule has 4 heteroatoms. The van der Waals surface area contributed by atoms with Gasteiger partial charge in [-0.05, 0) is 11.1 Å². The van der Waals surface area contributed by atoms with Gasteiger partial charge in [0.05, 0.1) is 13.0 Å². The third-order valence-corrected chi connectivity index (χ3v) is 3.45. The SMILES string of the molecule is CCc1n(C)c(C)c[n+]1Cc1ccc(C(=O)[O-])cc1. The number of carbonyl (C=O) groups excluding carboxylic acids is 1. The Balaban J connectivity index is 2.26. The highest BCUT2D eigenvalue weighted by molar-refractivity contribution is 5.85. The summed E-state index contributed by atoms with van der Waals surface area (Å²) in [5, 5.41) is 10.7. The lowest BCUT2D eigenvalue weighted by Gasteiger charge is -2.04. The van der Waals surface area contributed by atoms with Gasteiger partial charge in [-0.25, -0.2) is 9.13 Å². The fraction of sp³-hybridized carbons (Fsp3) is 0.333. The number of rotatable bonds is 4. The summed E-state index contributed by atoms with van der Waals surface area (Å²) in [6.07, 6.45) is 3.08. The van der Waals surface area contributed by atoms with E-state index in [4.69, 9.17) is 0 Å². The predicted molar refractivity (Wildman–Crippen MR) is 69.6 cm³/mol. The first-order chi connectivity index (χ1) is 9.02. The molecule has 0 aliphatic rings. The molecular formula is C15H18N2O2. The van der Waals surface area contributed by atoms with Gasteiger partial charge in [0.1, 0.15) is 18.4 Å². The topological polar surface area (TPSA) is 48.9 Å². The van der Waals surface area contributed by atoms with Crippen molar-refractivity contribution in [1.29, 1.82) is 0 Å². The van der Waals surface area contributed by atoms with Crippen molar-refractivity contribution in [3.05, 3.63) is 53.1 Å². The van der Waals surface area contributed by atoms with Crippen molar-refractivity contribution < 1.29 is 14.5 Å². The second-order valence-electron chi connectivity index (χ2n) is 4.71. The summed E-state index contributed by atoms with van der Waals surface area (Å²) in [4.78, 5) is 10.7. The first kappa shape index (κ1) is 13.3. The normalized spacial score (nSPS) is 10.7. The molecule has 1 heterocycles. The molecule has 2 rings (SSSR count). The second kappa shape index (κ2) is 5.26. The lowest BCUT2D eigenvalue weighted by Crippen LogP contribution is -2.37. The van der Waals surface area contributed by atoms with E-state index in [2.05, 4.69) is 36.2 Å². The number of carboxylic acids is 1. The largest absolute Gasteiger partial charge is 0.545 e. The summed E-state index contributed by atoms with van der Waals surface area (Å²) in [6, 6.07) is 6.85. The fourth-order valence-corrected chi connectivity index (χ4v) is 2.30. The number of aromatic carboxylic acids is 1. The third-order valence-electron chi connectivity index (χ3n) is 3.45. The molecule has 2 aromatic rings. The van der Waals surface area contributed by atoms with Gasteiger partial charge in [0.25, 0.3) is 5.82 Å². The quantitative estimate of drug-likeness (QED) is 0.754. The Morgan fingerprint density at radius 3 is 2.47 bits per heavy atom. The third kappa shape index (κ3) is 2.67. The van der Waals surface area contributed by atoms with Crippen LogP contribution in [0.3, 0.4) is 0 Å². The van der Waals surface area contributed by atoms with Crippen LogP contribution in [0.4, 0.5) is 0 Å². The molecule has 0 atom stereocenters. The van der Waals surface area contributed by atoms with Gasteiger partial charge in [0.2, 0.25) is 0 Å².